The fourth-order valence-electron chi connectivity index (χ4n) is 1.84. The molecule has 17 heavy (non-hydrogen) atoms. The van der Waals surface area contributed by atoms with Gasteiger partial charge in [0.15, 0.2) is 0 Å². The maximum absolute atomic E-state index is 13.6. The van der Waals surface area contributed by atoms with Gasteiger partial charge in [0.2, 0.25) is 0 Å². The molecular weight excluding hydrogens is 289 g/mol. The Morgan fingerprint density at radius 3 is 3.00 bits per heavy atom. The molecule has 0 bridgehead atoms. The third kappa shape index (κ3) is 2.66. The molecule has 1 fully saturated rings. The minimum Gasteiger partial charge on any atom is -0.379 e. The normalized spacial score (nSPS) is 19.4. The molecule has 92 valence electrons. The molecule has 0 N–H and O–H groups in total. The maximum Gasteiger partial charge on any atom is 0.256 e. The van der Waals surface area contributed by atoms with Crippen molar-refractivity contribution in [3.8, 4) is 0 Å². The zero-order valence-corrected chi connectivity index (χ0v) is 11.0. The molecule has 3 nitrogen and oxygen atoms in total. The van der Waals surface area contributed by atoms with E-state index in [0.29, 0.717) is 17.7 Å². The molecule has 1 aliphatic rings. The molecule has 0 aromatic heterocycles. The highest BCUT2D eigenvalue weighted by molar-refractivity contribution is 9.10. The van der Waals surface area contributed by atoms with Crippen molar-refractivity contribution in [1.29, 1.82) is 0 Å². The van der Waals surface area contributed by atoms with E-state index >= 15 is 0 Å². The monoisotopic (exact) mass is 301 g/mol. The van der Waals surface area contributed by atoms with Crippen LogP contribution in [0.2, 0.25) is 0 Å². The van der Waals surface area contributed by atoms with Crippen LogP contribution in [0.15, 0.2) is 22.7 Å². The fraction of sp³-hybridized carbons (Fsp3) is 0.417. The molecule has 1 atom stereocenters. The second kappa shape index (κ2) is 5.14. The Morgan fingerprint density at radius 2 is 2.35 bits per heavy atom. The smallest absolute Gasteiger partial charge is 0.256 e. The van der Waals surface area contributed by atoms with Crippen molar-refractivity contribution >= 4 is 21.8 Å². The lowest BCUT2D eigenvalue weighted by Gasteiger charge is -2.23. The van der Waals surface area contributed by atoms with Crippen molar-refractivity contribution in [2.45, 2.75) is 12.5 Å². The number of hydrogen-bond acceptors (Lipinski definition) is 2. The minimum atomic E-state index is -0.496. The zero-order chi connectivity index (χ0) is 12.4. The van der Waals surface area contributed by atoms with Crippen LogP contribution in [0.4, 0.5) is 4.39 Å². The van der Waals surface area contributed by atoms with E-state index in [1.54, 1.807) is 18.0 Å². The van der Waals surface area contributed by atoms with Gasteiger partial charge in [-0.25, -0.2) is 4.39 Å². The predicted octanol–water partition coefficient (Wildman–Crippen LogP) is 2.45. The summed E-state index contributed by atoms with van der Waals surface area (Å²) in [6.07, 6.45) is 0.803. The van der Waals surface area contributed by atoms with E-state index in [2.05, 4.69) is 15.9 Å². The molecule has 1 unspecified atom stereocenters. The molecule has 2 rings (SSSR count). The van der Waals surface area contributed by atoms with Gasteiger partial charge in [-0.2, -0.15) is 0 Å². The number of carbonyl (C=O) groups excluding carboxylic acids is 1. The van der Waals surface area contributed by atoms with E-state index in [0.717, 1.165) is 6.42 Å². The van der Waals surface area contributed by atoms with Crippen LogP contribution in [0, 0.1) is 5.82 Å². The van der Waals surface area contributed by atoms with Gasteiger partial charge in [-0.3, -0.25) is 4.79 Å². The third-order valence-corrected chi connectivity index (χ3v) is 3.43. The first-order chi connectivity index (χ1) is 8.09. The van der Waals surface area contributed by atoms with Crippen LogP contribution in [0.1, 0.15) is 16.8 Å². The third-order valence-electron chi connectivity index (χ3n) is 2.93. The van der Waals surface area contributed by atoms with Gasteiger partial charge < -0.3 is 9.64 Å². The van der Waals surface area contributed by atoms with Gasteiger partial charge in [-0.15, -0.1) is 0 Å². The molecule has 0 radical (unpaired) electrons. The van der Waals surface area contributed by atoms with Gasteiger partial charge in [-0.05, 0) is 24.6 Å². The molecule has 1 amide bonds. The summed E-state index contributed by atoms with van der Waals surface area (Å²) in [5.74, 6) is -0.803. The van der Waals surface area contributed by atoms with Crippen LogP contribution in [0.3, 0.4) is 0 Å². The van der Waals surface area contributed by atoms with Gasteiger partial charge in [0, 0.05) is 18.1 Å². The van der Waals surface area contributed by atoms with Crippen molar-refractivity contribution in [3.05, 3.63) is 34.1 Å². The Kier molecular flexibility index (Phi) is 3.79. The van der Waals surface area contributed by atoms with E-state index in [1.165, 1.54) is 12.1 Å². The average molecular weight is 302 g/mol. The van der Waals surface area contributed by atoms with Gasteiger partial charge in [0.25, 0.3) is 5.91 Å². The molecule has 1 heterocycles. The second-order valence-corrected chi connectivity index (χ2v) is 4.97. The van der Waals surface area contributed by atoms with Crippen molar-refractivity contribution < 1.29 is 13.9 Å². The average Bonchev–Trinajstić information content (AvgIpc) is 2.84. The van der Waals surface area contributed by atoms with E-state index in [1.807, 2.05) is 0 Å². The SMILES string of the molecule is CN(C(=O)c1cc(Br)ccc1F)C1CCOC1. The highest BCUT2D eigenvalue weighted by Crippen LogP contribution is 2.19. The summed E-state index contributed by atoms with van der Waals surface area (Å²) < 4.78 is 19.5. The number of rotatable bonds is 2. The van der Waals surface area contributed by atoms with Crippen LogP contribution in [0.5, 0.6) is 0 Å². The Balaban J connectivity index is 2.20. The van der Waals surface area contributed by atoms with Crippen molar-refractivity contribution in [2.24, 2.45) is 0 Å². The number of hydrogen-bond donors (Lipinski definition) is 0. The first-order valence-corrected chi connectivity index (χ1v) is 6.19. The number of ether oxygens (including phenoxy) is 1. The van der Waals surface area contributed by atoms with E-state index in [4.69, 9.17) is 4.74 Å². The lowest BCUT2D eigenvalue weighted by molar-refractivity contribution is 0.0706. The number of amides is 1. The zero-order valence-electron chi connectivity index (χ0n) is 9.45. The Labute approximate surface area is 108 Å². The van der Waals surface area contributed by atoms with Crippen molar-refractivity contribution in [1.82, 2.24) is 4.90 Å². The molecule has 1 aliphatic heterocycles. The summed E-state index contributed by atoms with van der Waals surface area (Å²) in [6, 6.07) is 4.41. The molecule has 0 saturated carbocycles. The Bertz CT molecular complexity index is 433. The van der Waals surface area contributed by atoms with Crippen LogP contribution in [-0.2, 0) is 4.74 Å². The summed E-state index contributed by atoms with van der Waals surface area (Å²) in [7, 11) is 1.68. The lowest BCUT2D eigenvalue weighted by Crippen LogP contribution is -2.37. The summed E-state index contributed by atoms with van der Waals surface area (Å²) in [5, 5.41) is 0. The molecule has 5 heteroatoms. The quantitative estimate of drug-likeness (QED) is 0.840. The first kappa shape index (κ1) is 12.5. The summed E-state index contributed by atoms with van der Waals surface area (Å²) in [5.41, 5.74) is 0.0915. The van der Waals surface area contributed by atoms with Crippen molar-refractivity contribution in [3.63, 3.8) is 0 Å². The van der Waals surface area contributed by atoms with Gasteiger partial charge >= 0.3 is 0 Å². The predicted molar refractivity (Wildman–Crippen MR) is 65.4 cm³/mol. The topological polar surface area (TPSA) is 29.5 Å². The van der Waals surface area contributed by atoms with Gasteiger partial charge in [0.05, 0.1) is 18.2 Å². The highest BCUT2D eigenvalue weighted by atomic mass is 79.9. The van der Waals surface area contributed by atoms with E-state index in [9.17, 15) is 9.18 Å². The molecule has 1 aromatic carbocycles. The number of carbonyl (C=O) groups is 1. The Morgan fingerprint density at radius 1 is 1.59 bits per heavy atom. The molecule has 0 aliphatic carbocycles. The van der Waals surface area contributed by atoms with E-state index < -0.39 is 5.82 Å². The van der Waals surface area contributed by atoms with Crippen LogP contribution in [0.25, 0.3) is 0 Å². The summed E-state index contributed by atoms with van der Waals surface area (Å²) >= 11 is 3.24. The van der Waals surface area contributed by atoms with Gasteiger partial charge in [-0.1, -0.05) is 15.9 Å². The standard InChI is InChI=1S/C12H13BrFNO2/c1-15(9-4-5-17-7-9)12(16)10-6-8(13)2-3-11(10)14/h2-3,6,9H,4-5,7H2,1H3. The lowest BCUT2D eigenvalue weighted by atomic mass is 10.1. The fourth-order valence-corrected chi connectivity index (χ4v) is 2.21. The maximum atomic E-state index is 13.6. The van der Waals surface area contributed by atoms with Crippen LogP contribution in [-0.4, -0.2) is 37.1 Å². The van der Waals surface area contributed by atoms with Crippen LogP contribution >= 0.6 is 15.9 Å². The number of nitrogens with zero attached hydrogens (tertiary/aromatic N) is 1. The summed E-state index contributed by atoms with van der Waals surface area (Å²) in [6.45, 7) is 1.18. The van der Waals surface area contributed by atoms with Crippen LogP contribution < -0.4 is 0 Å². The van der Waals surface area contributed by atoms with Crippen molar-refractivity contribution in [2.75, 3.05) is 20.3 Å². The molecule has 1 saturated heterocycles. The molecule has 0 spiro atoms. The number of halogens is 2. The number of benzene rings is 1. The first-order valence-electron chi connectivity index (χ1n) is 5.39. The molecule has 1 aromatic rings. The second-order valence-electron chi connectivity index (χ2n) is 4.06. The highest BCUT2D eigenvalue weighted by Gasteiger charge is 2.26. The summed E-state index contributed by atoms with van der Waals surface area (Å²) in [4.78, 5) is 13.7. The largest absolute Gasteiger partial charge is 0.379 e. The van der Waals surface area contributed by atoms with Gasteiger partial charge in [0.1, 0.15) is 5.82 Å². The minimum absolute atomic E-state index is 0.0425. The molecular formula is C12H13BrFNO2. The Hall–Kier alpha value is -0.940. The number of likely N-dealkylation sites (N-methyl/N-ethyl adjacent to an activating group) is 1. The van der Waals surface area contributed by atoms with E-state index in [-0.39, 0.29) is 17.5 Å².